The second-order valence-corrected chi connectivity index (χ2v) is 8.15. The average Bonchev–Trinajstić information content (AvgIpc) is 2.97. The third-order valence-corrected chi connectivity index (χ3v) is 5.93. The molecule has 3 heterocycles. The minimum absolute atomic E-state index is 0.0894. The number of alkyl halides is 2. The summed E-state index contributed by atoms with van der Waals surface area (Å²) in [6, 6.07) is 4.79. The standard InChI is InChI=1S/C20H25F2N5O2/c1-12(2)26-8-6-15(20(21,22)11-26)13-4-5-14-16(10-13)25(3)24-18(14)27-9-7-17(28)23-19(27)29/h4-5,10,12,15H,6-9,11H2,1-3H3,(H,23,28,29). The van der Waals surface area contributed by atoms with Gasteiger partial charge in [-0.3, -0.25) is 24.6 Å². The fraction of sp³-hybridized carbons (Fsp3) is 0.550. The summed E-state index contributed by atoms with van der Waals surface area (Å²) in [6.45, 7) is 4.50. The van der Waals surface area contributed by atoms with Crippen LogP contribution in [0.5, 0.6) is 0 Å². The second-order valence-electron chi connectivity index (χ2n) is 8.15. The summed E-state index contributed by atoms with van der Waals surface area (Å²) in [5.41, 5.74) is 1.27. The van der Waals surface area contributed by atoms with Gasteiger partial charge in [0.15, 0.2) is 5.82 Å². The fourth-order valence-corrected chi connectivity index (χ4v) is 4.26. The highest BCUT2D eigenvalue weighted by atomic mass is 19.3. The van der Waals surface area contributed by atoms with E-state index in [1.165, 1.54) is 4.90 Å². The summed E-state index contributed by atoms with van der Waals surface area (Å²) >= 11 is 0. The van der Waals surface area contributed by atoms with Crippen LogP contribution in [0.1, 0.15) is 38.2 Å². The number of rotatable bonds is 3. The molecule has 3 amide bonds. The van der Waals surface area contributed by atoms with Crippen LogP contribution in [0.2, 0.25) is 0 Å². The van der Waals surface area contributed by atoms with Crippen molar-refractivity contribution >= 4 is 28.7 Å². The first-order chi connectivity index (χ1) is 13.7. The van der Waals surface area contributed by atoms with Crippen molar-refractivity contribution in [3.63, 3.8) is 0 Å². The van der Waals surface area contributed by atoms with Crippen LogP contribution in [0, 0.1) is 0 Å². The molecule has 2 aromatic rings. The number of carbonyl (C=O) groups excluding carboxylic acids is 2. The highest BCUT2D eigenvalue weighted by Crippen LogP contribution is 2.42. The number of hydrogen-bond acceptors (Lipinski definition) is 4. The molecule has 0 radical (unpaired) electrons. The number of piperidine rings is 1. The Morgan fingerprint density at radius 2 is 2.00 bits per heavy atom. The van der Waals surface area contributed by atoms with Crippen molar-refractivity contribution in [1.82, 2.24) is 20.0 Å². The van der Waals surface area contributed by atoms with E-state index in [4.69, 9.17) is 0 Å². The lowest BCUT2D eigenvalue weighted by Gasteiger charge is -2.40. The Balaban J connectivity index is 1.67. The van der Waals surface area contributed by atoms with Crippen molar-refractivity contribution in [3.8, 4) is 0 Å². The molecule has 1 N–H and O–H groups in total. The number of anilines is 1. The molecular weight excluding hydrogens is 380 g/mol. The molecule has 9 heteroatoms. The van der Waals surface area contributed by atoms with Crippen LogP contribution in [0.25, 0.3) is 10.9 Å². The summed E-state index contributed by atoms with van der Waals surface area (Å²) in [7, 11) is 1.72. The largest absolute Gasteiger partial charge is 0.329 e. The molecule has 29 heavy (non-hydrogen) atoms. The first-order valence-corrected chi connectivity index (χ1v) is 9.87. The van der Waals surface area contributed by atoms with E-state index in [2.05, 4.69) is 10.4 Å². The van der Waals surface area contributed by atoms with E-state index in [0.717, 1.165) is 0 Å². The molecule has 0 bridgehead atoms. The lowest BCUT2D eigenvalue weighted by molar-refractivity contribution is -0.120. The molecule has 7 nitrogen and oxygen atoms in total. The van der Waals surface area contributed by atoms with Crippen molar-refractivity contribution < 1.29 is 18.4 Å². The van der Waals surface area contributed by atoms with Gasteiger partial charge in [0, 0.05) is 31.4 Å². The number of halogens is 2. The zero-order valence-electron chi connectivity index (χ0n) is 16.8. The molecule has 1 aromatic heterocycles. The normalized spacial score (nSPS) is 23.1. The third-order valence-electron chi connectivity index (χ3n) is 5.93. The second kappa shape index (κ2) is 7.05. The van der Waals surface area contributed by atoms with E-state index < -0.39 is 17.9 Å². The number of aromatic nitrogens is 2. The average molecular weight is 405 g/mol. The van der Waals surface area contributed by atoms with Crippen molar-refractivity contribution in [1.29, 1.82) is 0 Å². The molecule has 4 rings (SSSR count). The Morgan fingerprint density at radius 3 is 2.66 bits per heavy atom. The number of amides is 3. The van der Waals surface area contributed by atoms with Crippen LogP contribution in [0.4, 0.5) is 19.4 Å². The zero-order chi connectivity index (χ0) is 20.9. The molecule has 0 saturated carbocycles. The van der Waals surface area contributed by atoms with E-state index >= 15 is 0 Å². The van der Waals surface area contributed by atoms with Crippen molar-refractivity contribution in [2.45, 2.75) is 44.6 Å². The molecule has 2 aliphatic heterocycles. The number of carbonyl (C=O) groups is 2. The summed E-state index contributed by atoms with van der Waals surface area (Å²) < 4.78 is 31.4. The lowest BCUT2D eigenvalue weighted by Crippen LogP contribution is -2.50. The van der Waals surface area contributed by atoms with Crippen LogP contribution in [-0.2, 0) is 11.8 Å². The topological polar surface area (TPSA) is 70.5 Å². The van der Waals surface area contributed by atoms with E-state index in [1.54, 1.807) is 29.9 Å². The van der Waals surface area contributed by atoms with E-state index in [1.807, 2.05) is 18.7 Å². The molecule has 1 atom stereocenters. The number of aryl methyl sites for hydroxylation is 1. The Hall–Kier alpha value is -2.55. The number of benzene rings is 1. The molecule has 2 aliphatic rings. The lowest BCUT2D eigenvalue weighted by atomic mass is 9.85. The van der Waals surface area contributed by atoms with Gasteiger partial charge in [-0.1, -0.05) is 6.07 Å². The van der Waals surface area contributed by atoms with Crippen molar-refractivity contribution in [2.75, 3.05) is 24.5 Å². The van der Waals surface area contributed by atoms with Gasteiger partial charge in [0.05, 0.1) is 18.0 Å². The minimum atomic E-state index is -2.81. The molecule has 1 unspecified atom stereocenters. The first kappa shape index (κ1) is 19.8. The molecular formula is C20H25F2N5O2. The summed E-state index contributed by atoms with van der Waals surface area (Å²) in [6.07, 6.45) is 0.584. The Bertz CT molecular complexity index is 971. The van der Waals surface area contributed by atoms with Gasteiger partial charge in [-0.15, -0.1) is 0 Å². The van der Waals surface area contributed by atoms with Gasteiger partial charge in [0.2, 0.25) is 5.91 Å². The summed E-state index contributed by atoms with van der Waals surface area (Å²) in [5.74, 6) is -3.55. The minimum Gasteiger partial charge on any atom is -0.295 e. The predicted octanol–water partition coefficient (Wildman–Crippen LogP) is 2.85. The maximum atomic E-state index is 14.9. The van der Waals surface area contributed by atoms with Crippen LogP contribution < -0.4 is 10.2 Å². The van der Waals surface area contributed by atoms with E-state index in [9.17, 15) is 18.4 Å². The number of fused-ring (bicyclic) bond motifs is 1. The van der Waals surface area contributed by atoms with Crippen LogP contribution >= 0.6 is 0 Å². The third kappa shape index (κ3) is 3.48. The highest BCUT2D eigenvalue weighted by Gasteiger charge is 2.45. The maximum Gasteiger partial charge on any atom is 0.329 e. The quantitative estimate of drug-likeness (QED) is 0.853. The maximum absolute atomic E-state index is 14.9. The van der Waals surface area contributed by atoms with Gasteiger partial charge in [-0.2, -0.15) is 5.10 Å². The zero-order valence-corrected chi connectivity index (χ0v) is 16.8. The number of imide groups is 1. The van der Waals surface area contributed by atoms with Crippen molar-refractivity contribution in [3.05, 3.63) is 23.8 Å². The fourth-order valence-electron chi connectivity index (χ4n) is 4.26. The van der Waals surface area contributed by atoms with Crippen molar-refractivity contribution in [2.24, 2.45) is 7.05 Å². The highest BCUT2D eigenvalue weighted by molar-refractivity contribution is 6.08. The van der Waals surface area contributed by atoms with Crippen LogP contribution in [0.3, 0.4) is 0 Å². The number of nitrogens with zero attached hydrogens (tertiary/aromatic N) is 4. The SMILES string of the molecule is CC(C)N1CCC(c2ccc3c(N4CCC(=O)NC4=O)nn(C)c3c2)C(F)(F)C1. The molecule has 0 spiro atoms. The number of hydrogen-bond donors (Lipinski definition) is 1. The van der Waals surface area contributed by atoms with E-state index in [0.29, 0.717) is 35.2 Å². The predicted molar refractivity (Wildman–Crippen MR) is 105 cm³/mol. The van der Waals surface area contributed by atoms with Gasteiger partial charge in [0.25, 0.3) is 5.92 Å². The van der Waals surface area contributed by atoms with Gasteiger partial charge >= 0.3 is 6.03 Å². The molecule has 0 aliphatic carbocycles. The molecule has 156 valence electrons. The Kier molecular flexibility index (Phi) is 4.80. The summed E-state index contributed by atoms with van der Waals surface area (Å²) in [5, 5.41) is 7.40. The van der Waals surface area contributed by atoms with Crippen LogP contribution in [-0.4, -0.2) is 58.2 Å². The molecule has 2 saturated heterocycles. The monoisotopic (exact) mass is 405 g/mol. The van der Waals surface area contributed by atoms with Crippen LogP contribution in [0.15, 0.2) is 18.2 Å². The molecule has 1 aromatic carbocycles. The van der Waals surface area contributed by atoms with E-state index in [-0.39, 0.29) is 31.5 Å². The molecule has 2 fully saturated rings. The number of nitrogens with one attached hydrogen (secondary N) is 1. The smallest absolute Gasteiger partial charge is 0.295 e. The van der Waals surface area contributed by atoms with Gasteiger partial charge in [-0.05, 0) is 44.5 Å². The Morgan fingerprint density at radius 1 is 1.24 bits per heavy atom. The number of likely N-dealkylation sites (tertiary alicyclic amines) is 1. The number of urea groups is 1. The van der Waals surface area contributed by atoms with Gasteiger partial charge < -0.3 is 0 Å². The summed E-state index contributed by atoms with van der Waals surface area (Å²) in [4.78, 5) is 26.8. The Labute approximate surface area is 167 Å². The van der Waals surface area contributed by atoms with Gasteiger partial charge in [0.1, 0.15) is 0 Å². The van der Waals surface area contributed by atoms with Gasteiger partial charge in [-0.25, -0.2) is 13.6 Å². The first-order valence-electron chi connectivity index (χ1n) is 9.87.